The zero-order valence-corrected chi connectivity index (χ0v) is 15.3. The molecule has 3 rings (SSSR count). The second kappa shape index (κ2) is 8.18. The monoisotopic (exact) mass is 360 g/mol. The third kappa shape index (κ3) is 3.80. The second-order valence-electron chi connectivity index (χ2n) is 6.13. The lowest BCUT2D eigenvalue weighted by Crippen LogP contribution is -2.40. The smallest absolute Gasteiger partial charge is 0.316 e. The molecule has 0 spiro atoms. The van der Waals surface area contributed by atoms with Crippen LogP contribution in [-0.2, 0) is 0 Å². The molecule has 1 N–H and O–H groups in total. The molecular formula is C18H24N4O4. The molecule has 0 radical (unpaired) electrons. The number of nitrogens with zero attached hydrogens (tertiary/aromatic N) is 3. The highest BCUT2D eigenvalue weighted by atomic mass is 16.5. The van der Waals surface area contributed by atoms with Gasteiger partial charge < -0.3 is 19.3 Å². The molecule has 2 aromatic rings. The van der Waals surface area contributed by atoms with Gasteiger partial charge >= 0.3 is 11.8 Å². The molecule has 1 atom stereocenters. The number of ether oxygens (including phenoxy) is 2. The molecule has 0 unspecified atom stereocenters. The molecule has 26 heavy (non-hydrogen) atoms. The predicted molar refractivity (Wildman–Crippen MR) is 95.4 cm³/mol. The highest BCUT2D eigenvalue weighted by molar-refractivity contribution is 5.89. The third-order valence-electron chi connectivity index (χ3n) is 4.67. The minimum atomic E-state index is -0.354. The number of carbonyl (C=O) groups excluding carboxylic acids is 1. The fraction of sp³-hybridized carbons (Fsp3) is 0.500. The van der Waals surface area contributed by atoms with E-state index in [0.717, 1.165) is 19.5 Å². The van der Waals surface area contributed by atoms with Crippen molar-refractivity contribution in [3.05, 3.63) is 24.1 Å². The minimum absolute atomic E-state index is 0.0455. The first-order chi connectivity index (χ1) is 12.7. The number of hydrogen-bond acceptors (Lipinski definition) is 7. The van der Waals surface area contributed by atoms with Gasteiger partial charge in [0, 0.05) is 18.2 Å². The lowest BCUT2D eigenvalue weighted by atomic mass is 10.2. The maximum absolute atomic E-state index is 12.3. The summed E-state index contributed by atoms with van der Waals surface area (Å²) in [5, 5.41) is 6.78. The van der Waals surface area contributed by atoms with E-state index in [0.29, 0.717) is 35.5 Å². The van der Waals surface area contributed by atoms with Crippen molar-refractivity contribution in [3.8, 4) is 22.9 Å². The molecule has 2 heterocycles. The van der Waals surface area contributed by atoms with Crippen LogP contribution >= 0.6 is 0 Å². The number of hydrogen-bond donors (Lipinski definition) is 1. The first-order valence-corrected chi connectivity index (χ1v) is 8.74. The summed E-state index contributed by atoms with van der Waals surface area (Å²) >= 11 is 0. The van der Waals surface area contributed by atoms with Crippen LogP contribution < -0.4 is 14.8 Å². The van der Waals surface area contributed by atoms with Crippen molar-refractivity contribution < 1.29 is 18.8 Å². The van der Waals surface area contributed by atoms with Gasteiger partial charge in [0.05, 0.1) is 14.2 Å². The van der Waals surface area contributed by atoms with Crippen LogP contribution in [0, 0.1) is 0 Å². The van der Waals surface area contributed by atoms with Crippen LogP contribution in [0.4, 0.5) is 0 Å². The van der Waals surface area contributed by atoms with Crippen LogP contribution in [0.15, 0.2) is 22.7 Å². The first kappa shape index (κ1) is 18.2. The fourth-order valence-corrected chi connectivity index (χ4v) is 3.24. The Bertz CT molecular complexity index is 761. The van der Waals surface area contributed by atoms with Crippen LogP contribution in [0.5, 0.6) is 11.5 Å². The lowest BCUT2D eigenvalue weighted by molar-refractivity contribution is 0.0897. The number of rotatable bonds is 7. The molecule has 1 saturated heterocycles. The third-order valence-corrected chi connectivity index (χ3v) is 4.67. The van der Waals surface area contributed by atoms with Crippen molar-refractivity contribution in [2.24, 2.45) is 0 Å². The average molecular weight is 360 g/mol. The number of aromatic nitrogens is 2. The van der Waals surface area contributed by atoms with Crippen molar-refractivity contribution in [2.75, 3.05) is 33.9 Å². The highest BCUT2D eigenvalue weighted by Gasteiger charge is 2.24. The van der Waals surface area contributed by atoms with Gasteiger partial charge in [-0.1, -0.05) is 12.1 Å². The number of methoxy groups -OCH3 is 2. The Morgan fingerprint density at radius 3 is 2.88 bits per heavy atom. The summed E-state index contributed by atoms with van der Waals surface area (Å²) in [6, 6.07) is 5.65. The zero-order valence-electron chi connectivity index (χ0n) is 15.3. The summed E-state index contributed by atoms with van der Waals surface area (Å²) in [6.07, 6.45) is 2.26. The number of likely N-dealkylation sites (N-methyl/N-ethyl adjacent to an activating group) is 1. The van der Waals surface area contributed by atoms with E-state index >= 15 is 0 Å². The Morgan fingerprint density at radius 1 is 1.35 bits per heavy atom. The van der Waals surface area contributed by atoms with E-state index < -0.39 is 0 Å². The molecular weight excluding hydrogens is 336 g/mol. The van der Waals surface area contributed by atoms with Gasteiger partial charge in [-0.3, -0.25) is 9.69 Å². The van der Waals surface area contributed by atoms with Crippen molar-refractivity contribution in [3.63, 3.8) is 0 Å². The Labute approximate surface area is 152 Å². The Hall–Kier alpha value is -2.61. The van der Waals surface area contributed by atoms with Gasteiger partial charge in [0.15, 0.2) is 11.5 Å². The van der Waals surface area contributed by atoms with E-state index in [-0.39, 0.29) is 11.8 Å². The van der Waals surface area contributed by atoms with Gasteiger partial charge in [-0.15, -0.1) is 0 Å². The fourth-order valence-electron chi connectivity index (χ4n) is 3.24. The molecule has 1 aromatic carbocycles. The van der Waals surface area contributed by atoms with Crippen LogP contribution in [-0.4, -0.2) is 60.8 Å². The van der Waals surface area contributed by atoms with E-state index in [1.165, 1.54) is 6.42 Å². The molecule has 1 amide bonds. The van der Waals surface area contributed by atoms with Crippen molar-refractivity contribution in [1.82, 2.24) is 20.4 Å². The van der Waals surface area contributed by atoms with Crippen LogP contribution in [0.2, 0.25) is 0 Å². The zero-order chi connectivity index (χ0) is 18.5. The molecule has 1 aliphatic rings. The lowest BCUT2D eigenvalue weighted by Gasteiger charge is -2.22. The van der Waals surface area contributed by atoms with Gasteiger partial charge in [-0.05, 0) is 44.1 Å². The summed E-state index contributed by atoms with van der Waals surface area (Å²) in [6.45, 7) is 4.79. The maximum Gasteiger partial charge on any atom is 0.316 e. The maximum atomic E-state index is 12.3. The summed E-state index contributed by atoms with van der Waals surface area (Å²) < 4.78 is 15.6. The van der Waals surface area contributed by atoms with Crippen LogP contribution in [0.1, 0.15) is 30.5 Å². The average Bonchev–Trinajstić information content (AvgIpc) is 3.34. The van der Waals surface area contributed by atoms with E-state index in [4.69, 9.17) is 14.0 Å². The summed E-state index contributed by atoms with van der Waals surface area (Å²) in [5.74, 6) is 1.09. The Balaban J connectivity index is 1.66. The quantitative estimate of drug-likeness (QED) is 0.807. The van der Waals surface area contributed by atoms with Crippen LogP contribution in [0.25, 0.3) is 11.4 Å². The van der Waals surface area contributed by atoms with Gasteiger partial charge in [0.25, 0.3) is 0 Å². The topological polar surface area (TPSA) is 89.7 Å². The van der Waals surface area contributed by atoms with Gasteiger partial charge in [-0.2, -0.15) is 4.98 Å². The van der Waals surface area contributed by atoms with Gasteiger partial charge in [0.2, 0.25) is 5.82 Å². The Morgan fingerprint density at radius 2 is 2.15 bits per heavy atom. The standard InChI is InChI=1S/C18H24N4O4/c1-4-22-9-5-6-13(22)11-19-17(23)18-20-16(21-26-18)12-7-8-14(24-2)15(10-12)25-3/h7-8,10,13H,4-6,9,11H2,1-3H3,(H,19,23)/t13-/m1/s1. The number of amides is 1. The largest absolute Gasteiger partial charge is 0.493 e. The van der Waals surface area contributed by atoms with Crippen molar-refractivity contribution >= 4 is 5.91 Å². The SMILES string of the molecule is CCN1CCC[C@@H]1CNC(=O)c1nc(-c2ccc(OC)c(OC)c2)no1. The molecule has 8 heteroatoms. The molecule has 1 fully saturated rings. The van der Waals surface area contributed by atoms with E-state index in [2.05, 4.69) is 27.3 Å². The van der Waals surface area contributed by atoms with Crippen molar-refractivity contribution in [2.45, 2.75) is 25.8 Å². The number of carbonyl (C=O) groups is 1. The Kier molecular flexibility index (Phi) is 5.72. The highest BCUT2D eigenvalue weighted by Crippen LogP contribution is 2.31. The predicted octanol–water partition coefficient (Wildman–Crippen LogP) is 1.97. The normalized spacial score (nSPS) is 17.3. The van der Waals surface area contributed by atoms with E-state index in [9.17, 15) is 4.79 Å². The van der Waals surface area contributed by atoms with Gasteiger partial charge in [-0.25, -0.2) is 0 Å². The number of nitrogens with one attached hydrogen (secondary N) is 1. The molecule has 0 saturated carbocycles. The summed E-state index contributed by atoms with van der Waals surface area (Å²) in [5.41, 5.74) is 0.679. The van der Waals surface area contributed by atoms with E-state index in [1.54, 1.807) is 32.4 Å². The first-order valence-electron chi connectivity index (χ1n) is 8.74. The van der Waals surface area contributed by atoms with E-state index in [1.807, 2.05) is 0 Å². The molecule has 8 nitrogen and oxygen atoms in total. The number of likely N-dealkylation sites (tertiary alicyclic amines) is 1. The molecule has 140 valence electrons. The van der Waals surface area contributed by atoms with Crippen molar-refractivity contribution in [1.29, 1.82) is 0 Å². The molecule has 1 aromatic heterocycles. The summed E-state index contributed by atoms with van der Waals surface area (Å²) in [4.78, 5) is 18.9. The van der Waals surface area contributed by atoms with Crippen LogP contribution in [0.3, 0.4) is 0 Å². The summed E-state index contributed by atoms with van der Waals surface area (Å²) in [7, 11) is 3.12. The van der Waals surface area contributed by atoms with Gasteiger partial charge in [0.1, 0.15) is 0 Å². The minimum Gasteiger partial charge on any atom is -0.493 e. The molecule has 1 aliphatic heterocycles. The molecule has 0 aliphatic carbocycles. The number of benzene rings is 1. The second-order valence-corrected chi connectivity index (χ2v) is 6.13. The molecule has 0 bridgehead atoms.